The van der Waals surface area contributed by atoms with Crippen LogP contribution < -0.4 is 14.4 Å². The fraction of sp³-hybridized carbons (Fsp3) is 0.176. The summed E-state index contributed by atoms with van der Waals surface area (Å²) in [6, 6.07) is 15.3. The molecule has 1 aliphatic heterocycles. The second-order valence-corrected chi connectivity index (χ2v) is 4.88. The molecular formula is C17H15NO4. The van der Waals surface area contributed by atoms with Gasteiger partial charge in [-0.2, -0.15) is 0 Å². The molecule has 5 nitrogen and oxygen atoms in total. The number of para-hydroxylation sites is 1. The van der Waals surface area contributed by atoms with Crippen molar-refractivity contribution in [3.05, 3.63) is 54.6 Å². The number of rotatable bonds is 5. The van der Waals surface area contributed by atoms with E-state index in [9.17, 15) is 9.59 Å². The molecule has 2 aromatic rings. The lowest BCUT2D eigenvalue weighted by atomic mass is 9.97. The van der Waals surface area contributed by atoms with Crippen LogP contribution in [0.25, 0.3) is 0 Å². The van der Waals surface area contributed by atoms with Crippen molar-refractivity contribution in [2.24, 2.45) is 0 Å². The number of hydrogen-bond acceptors (Lipinski definition) is 4. The third-order valence-electron chi connectivity index (χ3n) is 3.59. The van der Waals surface area contributed by atoms with Crippen molar-refractivity contribution in [2.45, 2.75) is 12.1 Å². The van der Waals surface area contributed by atoms with Crippen LogP contribution in [-0.2, 0) is 9.59 Å². The number of benzene rings is 2. The number of anilines is 1. The minimum Gasteiger partial charge on any atom is -0.497 e. The number of aldehydes is 1. The Kier molecular flexibility index (Phi) is 3.78. The van der Waals surface area contributed by atoms with Gasteiger partial charge in [0.25, 0.3) is 5.91 Å². The predicted molar refractivity (Wildman–Crippen MR) is 81.2 cm³/mol. The molecule has 0 saturated carbocycles. The third kappa shape index (κ3) is 2.41. The summed E-state index contributed by atoms with van der Waals surface area (Å²) in [6.07, 6.45) is -0.0406. The Morgan fingerprint density at radius 1 is 1.00 bits per heavy atom. The number of methoxy groups -OCH3 is 1. The highest BCUT2D eigenvalue weighted by atomic mass is 16.5. The Morgan fingerprint density at radius 3 is 2.27 bits per heavy atom. The molecule has 2 atom stereocenters. The molecule has 112 valence electrons. The summed E-state index contributed by atoms with van der Waals surface area (Å²) in [5, 5.41) is 0. The highest BCUT2D eigenvalue weighted by Gasteiger charge is 2.50. The Labute approximate surface area is 128 Å². The first-order chi connectivity index (χ1) is 10.7. The summed E-state index contributed by atoms with van der Waals surface area (Å²) in [5.74, 6) is 1.03. The van der Waals surface area contributed by atoms with E-state index in [4.69, 9.17) is 9.47 Å². The predicted octanol–water partition coefficient (Wildman–Crippen LogP) is 2.06. The molecule has 0 radical (unpaired) electrons. The zero-order chi connectivity index (χ0) is 15.5. The van der Waals surface area contributed by atoms with Gasteiger partial charge in [0.2, 0.25) is 6.10 Å². The SMILES string of the molecule is COc1ccc(N2C(=O)[C@H](Oc3ccccc3)[C@H]2C=O)cc1. The number of hydrogen-bond donors (Lipinski definition) is 0. The molecule has 0 unspecified atom stereocenters. The first-order valence-electron chi connectivity index (χ1n) is 6.88. The smallest absolute Gasteiger partial charge is 0.271 e. The summed E-state index contributed by atoms with van der Waals surface area (Å²) in [4.78, 5) is 25.1. The molecule has 0 aliphatic carbocycles. The summed E-state index contributed by atoms with van der Waals surface area (Å²) < 4.78 is 10.7. The van der Waals surface area contributed by atoms with E-state index in [1.54, 1.807) is 43.5 Å². The minimum atomic E-state index is -0.776. The quantitative estimate of drug-likeness (QED) is 0.626. The van der Waals surface area contributed by atoms with Gasteiger partial charge < -0.3 is 14.3 Å². The van der Waals surface area contributed by atoms with Crippen LogP contribution in [0.2, 0.25) is 0 Å². The molecule has 1 heterocycles. The van der Waals surface area contributed by atoms with Crippen LogP contribution >= 0.6 is 0 Å². The molecule has 0 bridgehead atoms. The monoisotopic (exact) mass is 297 g/mol. The highest BCUT2D eigenvalue weighted by Crippen LogP contribution is 2.31. The fourth-order valence-corrected chi connectivity index (χ4v) is 2.42. The van der Waals surface area contributed by atoms with Gasteiger partial charge >= 0.3 is 0 Å². The van der Waals surface area contributed by atoms with Gasteiger partial charge in [0, 0.05) is 5.69 Å². The molecule has 0 N–H and O–H groups in total. The second kappa shape index (κ2) is 5.89. The maximum Gasteiger partial charge on any atom is 0.271 e. The lowest BCUT2D eigenvalue weighted by molar-refractivity contribution is -0.138. The first-order valence-corrected chi connectivity index (χ1v) is 6.88. The summed E-state index contributed by atoms with van der Waals surface area (Å²) >= 11 is 0. The second-order valence-electron chi connectivity index (χ2n) is 4.88. The van der Waals surface area contributed by atoms with E-state index < -0.39 is 12.1 Å². The van der Waals surface area contributed by atoms with E-state index in [0.29, 0.717) is 17.2 Å². The maximum absolute atomic E-state index is 12.3. The van der Waals surface area contributed by atoms with Crippen molar-refractivity contribution in [1.82, 2.24) is 0 Å². The fourth-order valence-electron chi connectivity index (χ4n) is 2.42. The van der Waals surface area contributed by atoms with E-state index in [0.717, 1.165) is 6.29 Å². The van der Waals surface area contributed by atoms with Crippen LogP contribution in [0.5, 0.6) is 11.5 Å². The van der Waals surface area contributed by atoms with Gasteiger partial charge in [0.1, 0.15) is 23.8 Å². The van der Waals surface area contributed by atoms with E-state index >= 15 is 0 Å². The van der Waals surface area contributed by atoms with Crippen molar-refractivity contribution in [3.8, 4) is 11.5 Å². The molecule has 0 aromatic heterocycles. The number of carbonyl (C=O) groups excluding carboxylic acids is 2. The third-order valence-corrected chi connectivity index (χ3v) is 3.59. The van der Waals surface area contributed by atoms with Crippen molar-refractivity contribution < 1.29 is 19.1 Å². The van der Waals surface area contributed by atoms with Gasteiger partial charge in [-0.3, -0.25) is 9.69 Å². The zero-order valence-corrected chi connectivity index (χ0v) is 12.0. The Morgan fingerprint density at radius 2 is 1.68 bits per heavy atom. The molecule has 1 saturated heterocycles. The topological polar surface area (TPSA) is 55.8 Å². The molecule has 5 heteroatoms. The van der Waals surface area contributed by atoms with Gasteiger partial charge in [0.05, 0.1) is 7.11 Å². The molecule has 22 heavy (non-hydrogen) atoms. The molecule has 1 fully saturated rings. The van der Waals surface area contributed by atoms with Crippen molar-refractivity contribution >= 4 is 17.9 Å². The number of nitrogens with zero attached hydrogens (tertiary/aromatic N) is 1. The van der Waals surface area contributed by atoms with Crippen LogP contribution in [0.3, 0.4) is 0 Å². The highest BCUT2D eigenvalue weighted by molar-refractivity contribution is 6.10. The van der Waals surface area contributed by atoms with Crippen LogP contribution in [0, 0.1) is 0 Å². The van der Waals surface area contributed by atoms with E-state index in [1.807, 2.05) is 18.2 Å². The Bertz CT molecular complexity index is 669. The molecule has 1 amide bonds. The summed E-state index contributed by atoms with van der Waals surface area (Å²) in [7, 11) is 1.57. The van der Waals surface area contributed by atoms with Gasteiger partial charge in [-0.1, -0.05) is 18.2 Å². The minimum absolute atomic E-state index is 0.230. The van der Waals surface area contributed by atoms with Gasteiger partial charge in [0.15, 0.2) is 0 Å². The average molecular weight is 297 g/mol. The van der Waals surface area contributed by atoms with E-state index in [1.165, 1.54) is 4.90 Å². The molecule has 1 aliphatic rings. The average Bonchev–Trinajstić information content (AvgIpc) is 2.58. The first kappa shape index (κ1) is 14.1. The zero-order valence-electron chi connectivity index (χ0n) is 12.0. The summed E-state index contributed by atoms with van der Waals surface area (Å²) in [6.45, 7) is 0. The van der Waals surface area contributed by atoms with Crippen LogP contribution in [0.15, 0.2) is 54.6 Å². The lowest BCUT2D eigenvalue weighted by Gasteiger charge is -2.43. The molecule has 0 spiro atoms. The molecule has 2 aromatic carbocycles. The van der Waals surface area contributed by atoms with Crippen molar-refractivity contribution in [3.63, 3.8) is 0 Å². The van der Waals surface area contributed by atoms with Crippen molar-refractivity contribution in [1.29, 1.82) is 0 Å². The van der Waals surface area contributed by atoms with Crippen LogP contribution in [-0.4, -0.2) is 31.4 Å². The number of ether oxygens (including phenoxy) is 2. The van der Waals surface area contributed by atoms with Gasteiger partial charge in [-0.05, 0) is 36.4 Å². The number of amides is 1. The lowest BCUT2D eigenvalue weighted by Crippen LogP contribution is -2.68. The van der Waals surface area contributed by atoms with Crippen LogP contribution in [0.1, 0.15) is 0 Å². The standard InChI is InChI=1S/C17H15NO4/c1-21-13-9-7-12(8-10-13)18-15(11-19)16(17(18)20)22-14-5-3-2-4-6-14/h2-11,15-16H,1H3/t15-,16-/m1/s1. The Hall–Kier alpha value is -2.82. The normalized spacial score (nSPS) is 20.2. The van der Waals surface area contributed by atoms with Crippen LogP contribution in [0.4, 0.5) is 5.69 Å². The number of carbonyl (C=O) groups is 2. The van der Waals surface area contributed by atoms with Gasteiger partial charge in [-0.25, -0.2) is 0 Å². The number of β-lactam (4-membered cyclic amide) rings is 1. The van der Waals surface area contributed by atoms with Gasteiger partial charge in [-0.15, -0.1) is 0 Å². The van der Waals surface area contributed by atoms with E-state index in [2.05, 4.69) is 0 Å². The molecule has 3 rings (SSSR count). The van der Waals surface area contributed by atoms with Crippen molar-refractivity contribution in [2.75, 3.05) is 12.0 Å². The summed E-state index contributed by atoms with van der Waals surface area (Å²) in [5.41, 5.74) is 0.649. The Balaban J connectivity index is 1.77. The molecular weight excluding hydrogens is 282 g/mol. The largest absolute Gasteiger partial charge is 0.497 e. The maximum atomic E-state index is 12.3. The van der Waals surface area contributed by atoms with E-state index in [-0.39, 0.29) is 5.91 Å².